The van der Waals surface area contributed by atoms with E-state index < -0.39 is 0 Å². The molecule has 0 aliphatic carbocycles. The Balaban J connectivity index is 3.54. The molecule has 0 saturated heterocycles. The highest BCUT2D eigenvalue weighted by atomic mass is 16.2. The largest absolute Gasteiger partial charge is 0.347 e. The van der Waals surface area contributed by atoms with Gasteiger partial charge in [0.1, 0.15) is 0 Å². The molecule has 0 aromatic heterocycles. The maximum Gasteiger partial charge on any atom is 0.241 e. The Morgan fingerprint density at radius 2 is 1.87 bits per heavy atom. The molecule has 15 heavy (non-hydrogen) atoms. The van der Waals surface area contributed by atoms with Gasteiger partial charge in [-0.25, -0.2) is 0 Å². The van der Waals surface area contributed by atoms with Crippen LogP contribution in [0.15, 0.2) is 0 Å². The number of hydrogen-bond donors (Lipinski definition) is 1. The second kappa shape index (κ2) is 7.26. The van der Waals surface area contributed by atoms with E-state index in [4.69, 9.17) is 0 Å². The van der Waals surface area contributed by atoms with Gasteiger partial charge in [-0.1, -0.05) is 20.3 Å². The number of likely N-dealkylation sites (N-methyl/N-ethyl adjacent to an activating group) is 1. The number of nitrogens with one attached hydrogen (secondary N) is 1. The van der Waals surface area contributed by atoms with Crippen molar-refractivity contribution in [1.82, 2.24) is 10.2 Å². The van der Waals surface area contributed by atoms with Gasteiger partial charge in [-0.05, 0) is 12.3 Å². The fourth-order valence-corrected chi connectivity index (χ4v) is 1.09. The first-order valence-electron chi connectivity index (χ1n) is 5.40. The average molecular weight is 214 g/mol. The van der Waals surface area contributed by atoms with Crippen LogP contribution in [0, 0.1) is 5.92 Å². The van der Waals surface area contributed by atoms with Crippen LogP contribution in [0.2, 0.25) is 0 Å². The molecule has 88 valence electrons. The smallest absolute Gasteiger partial charge is 0.241 e. The third-order valence-electron chi connectivity index (χ3n) is 2.12. The number of carbonyl (C=O) groups excluding carboxylic acids is 2. The predicted octanol–water partition coefficient (Wildman–Crippen LogP) is 1.02. The molecule has 0 rings (SSSR count). The first kappa shape index (κ1) is 13.9. The van der Waals surface area contributed by atoms with Crippen molar-refractivity contribution in [1.29, 1.82) is 0 Å². The van der Waals surface area contributed by atoms with Crippen molar-refractivity contribution in [3.8, 4) is 0 Å². The molecule has 0 spiro atoms. The normalized spacial score (nSPS) is 10.2. The van der Waals surface area contributed by atoms with E-state index in [9.17, 15) is 9.59 Å². The number of hydrogen-bond acceptors (Lipinski definition) is 2. The lowest BCUT2D eigenvalue weighted by molar-refractivity contribution is -0.130. The molecule has 0 unspecified atom stereocenters. The molecule has 0 aromatic carbocycles. The van der Waals surface area contributed by atoms with Crippen LogP contribution in [0.1, 0.15) is 33.1 Å². The van der Waals surface area contributed by atoms with Gasteiger partial charge in [0.05, 0.1) is 6.54 Å². The van der Waals surface area contributed by atoms with Crippen molar-refractivity contribution in [2.24, 2.45) is 5.92 Å². The topological polar surface area (TPSA) is 49.4 Å². The van der Waals surface area contributed by atoms with Crippen LogP contribution in [-0.4, -0.2) is 37.4 Å². The summed E-state index contributed by atoms with van der Waals surface area (Å²) in [5.41, 5.74) is 0. The lowest BCUT2D eigenvalue weighted by Crippen LogP contribution is -2.36. The third-order valence-corrected chi connectivity index (χ3v) is 2.12. The quantitative estimate of drug-likeness (QED) is 0.717. The predicted molar refractivity (Wildman–Crippen MR) is 60.4 cm³/mol. The minimum Gasteiger partial charge on any atom is -0.347 e. The Bertz CT molecular complexity index is 213. The average Bonchev–Trinajstić information content (AvgIpc) is 2.13. The van der Waals surface area contributed by atoms with Gasteiger partial charge in [-0.2, -0.15) is 0 Å². The summed E-state index contributed by atoms with van der Waals surface area (Å²) < 4.78 is 0. The monoisotopic (exact) mass is 214 g/mol. The highest BCUT2D eigenvalue weighted by Crippen LogP contribution is 2.05. The molecule has 4 nitrogen and oxygen atoms in total. The third kappa shape index (κ3) is 7.97. The van der Waals surface area contributed by atoms with Crippen LogP contribution in [0.5, 0.6) is 0 Å². The van der Waals surface area contributed by atoms with Crippen molar-refractivity contribution in [2.75, 3.05) is 20.6 Å². The first-order chi connectivity index (χ1) is 6.93. The number of rotatable bonds is 6. The first-order valence-corrected chi connectivity index (χ1v) is 5.40. The molecule has 0 bridgehead atoms. The molecule has 0 aliphatic rings. The van der Waals surface area contributed by atoms with E-state index in [1.54, 1.807) is 14.1 Å². The summed E-state index contributed by atoms with van der Waals surface area (Å²) in [5, 5.41) is 2.61. The van der Waals surface area contributed by atoms with E-state index in [1.165, 1.54) is 4.90 Å². The maximum atomic E-state index is 11.3. The van der Waals surface area contributed by atoms with Gasteiger partial charge < -0.3 is 10.2 Å². The van der Waals surface area contributed by atoms with E-state index in [1.807, 2.05) is 0 Å². The zero-order chi connectivity index (χ0) is 11.8. The summed E-state index contributed by atoms with van der Waals surface area (Å²) in [4.78, 5) is 23.9. The van der Waals surface area contributed by atoms with Crippen LogP contribution in [0.3, 0.4) is 0 Å². The molecule has 0 heterocycles. The Morgan fingerprint density at radius 3 is 2.33 bits per heavy atom. The van der Waals surface area contributed by atoms with Crippen LogP contribution >= 0.6 is 0 Å². The molecule has 1 N–H and O–H groups in total. The Kier molecular flexibility index (Phi) is 6.75. The van der Waals surface area contributed by atoms with Crippen molar-refractivity contribution in [3.05, 3.63) is 0 Å². The van der Waals surface area contributed by atoms with Crippen LogP contribution in [0.4, 0.5) is 0 Å². The summed E-state index contributed by atoms with van der Waals surface area (Å²) in [6.07, 6.45) is 2.45. The minimum atomic E-state index is -0.0767. The Hall–Kier alpha value is -1.06. The molecule has 0 saturated carbocycles. The summed E-state index contributed by atoms with van der Waals surface area (Å²) in [6, 6.07) is 0. The second-order valence-electron chi connectivity index (χ2n) is 4.35. The van der Waals surface area contributed by atoms with Crippen molar-refractivity contribution >= 4 is 11.8 Å². The Labute approximate surface area is 92.0 Å². The lowest BCUT2D eigenvalue weighted by atomic mass is 10.1. The zero-order valence-electron chi connectivity index (χ0n) is 10.2. The molecular formula is C11H22N2O2. The molecule has 0 atom stereocenters. The summed E-state index contributed by atoms with van der Waals surface area (Å²) >= 11 is 0. The molecule has 0 radical (unpaired) electrons. The van der Waals surface area contributed by atoms with Gasteiger partial charge in [-0.3, -0.25) is 9.59 Å². The SMILES string of the molecule is CC(C)CCCC(=O)NCC(=O)N(C)C. The maximum absolute atomic E-state index is 11.3. The van der Waals surface area contributed by atoms with Crippen molar-refractivity contribution < 1.29 is 9.59 Å². The molecular weight excluding hydrogens is 192 g/mol. The van der Waals surface area contributed by atoms with Crippen LogP contribution < -0.4 is 5.32 Å². The lowest BCUT2D eigenvalue weighted by Gasteiger charge is -2.11. The van der Waals surface area contributed by atoms with Gasteiger partial charge in [0.2, 0.25) is 11.8 Å². The standard InChI is InChI=1S/C11H22N2O2/c1-9(2)6-5-7-10(14)12-8-11(15)13(3)4/h9H,5-8H2,1-4H3,(H,12,14). The van der Waals surface area contributed by atoms with E-state index in [0.29, 0.717) is 12.3 Å². The number of carbonyl (C=O) groups is 2. The highest BCUT2D eigenvalue weighted by molar-refractivity contribution is 5.84. The summed E-state index contributed by atoms with van der Waals surface area (Å²) in [6.45, 7) is 4.37. The summed E-state index contributed by atoms with van der Waals surface area (Å²) in [7, 11) is 3.35. The molecule has 2 amide bonds. The molecule has 4 heteroatoms. The van der Waals surface area contributed by atoms with Crippen LogP contribution in [-0.2, 0) is 9.59 Å². The van der Waals surface area contributed by atoms with Gasteiger partial charge >= 0.3 is 0 Å². The van der Waals surface area contributed by atoms with Crippen LogP contribution in [0.25, 0.3) is 0 Å². The van der Waals surface area contributed by atoms with E-state index in [2.05, 4.69) is 19.2 Å². The second-order valence-corrected chi connectivity index (χ2v) is 4.35. The van der Waals surface area contributed by atoms with Gasteiger partial charge in [-0.15, -0.1) is 0 Å². The van der Waals surface area contributed by atoms with Crippen molar-refractivity contribution in [2.45, 2.75) is 33.1 Å². The number of amides is 2. The summed E-state index contributed by atoms with van der Waals surface area (Å²) in [5.74, 6) is 0.513. The number of nitrogens with zero attached hydrogens (tertiary/aromatic N) is 1. The van der Waals surface area contributed by atoms with E-state index in [0.717, 1.165) is 12.8 Å². The fraction of sp³-hybridized carbons (Fsp3) is 0.818. The highest BCUT2D eigenvalue weighted by Gasteiger charge is 2.06. The van der Waals surface area contributed by atoms with Gasteiger partial charge in [0.15, 0.2) is 0 Å². The van der Waals surface area contributed by atoms with E-state index in [-0.39, 0.29) is 18.4 Å². The Morgan fingerprint density at radius 1 is 1.27 bits per heavy atom. The molecule has 0 aliphatic heterocycles. The molecule has 0 fully saturated rings. The van der Waals surface area contributed by atoms with Gasteiger partial charge in [0, 0.05) is 20.5 Å². The zero-order valence-corrected chi connectivity index (χ0v) is 10.2. The van der Waals surface area contributed by atoms with E-state index >= 15 is 0 Å². The minimum absolute atomic E-state index is 0.0362. The van der Waals surface area contributed by atoms with Crippen molar-refractivity contribution in [3.63, 3.8) is 0 Å². The molecule has 0 aromatic rings. The van der Waals surface area contributed by atoms with Gasteiger partial charge in [0.25, 0.3) is 0 Å². The fourth-order valence-electron chi connectivity index (χ4n) is 1.09.